The molecule has 3 rings (SSSR count). The minimum Gasteiger partial charge on any atom is -0.466 e. The second-order valence-corrected chi connectivity index (χ2v) is 6.31. The van der Waals surface area contributed by atoms with E-state index in [0.29, 0.717) is 19.1 Å². The fraction of sp³-hybridized carbons (Fsp3) is 0.529. The van der Waals surface area contributed by atoms with E-state index < -0.39 is 5.41 Å². The predicted molar refractivity (Wildman–Crippen MR) is 89.9 cm³/mol. The fourth-order valence-corrected chi connectivity index (χ4v) is 3.19. The largest absolute Gasteiger partial charge is 0.466 e. The zero-order valence-electron chi connectivity index (χ0n) is 14.2. The Kier molecular flexibility index (Phi) is 4.78. The van der Waals surface area contributed by atoms with E-state index in [4.69, 9.17) is 4.74 Å². The van der Waals surface area contributed by atoms with Crippen molar-refractivity contribution in [2.75, 3.05) is 18.5 Å². The van der Waals surface area contributed by atoms with Gasteiger partial charge < -0.3 is 10.1 Å². The molecule has 24 heavy (non-hydrogen) atoms. The Hall–Kier alpha value is -2.44. The molecular formula is C17H23N5O2. The minimum atomic E-state index is -0.472. The van der Waals surface area contributed by atoms with Crippen LogP contribution in [0.1, 0.15) is 38.2 Å². The summed E-state index contributed by atoms with van der Waals surface area (Å²) in [6, 6.07) is 7.96. The van der Waals surface area contributed by atoms with Crippen LogP contribution in [-0.4, -0.2) is 39.3 Å². The predicted octanol–water partition coefficient (Wildman–Crippen LogP) is 2.51. The van der Waals surface area contributed by atoms with Gasteiger partial charge in [-0.05, 0) is 49.2 Å². The second-order valence-electron chi connectivity index (χ2n) is 6.31. The van der Waals surface area contributed by atoms with Gasteiger partial charge in [-0.15, -0.1) is 0 Å². The molecule has 1 aromatic carbocycles. The lowest BCUT2D eigenvalue weighted by atomic mass is 9.86. The van der Waals surface area contributed by atoms with Crippen molar-refractivity contribution in [3.05, 3.63) is 29.8 Å². The number of hydrogen-bond acceptors (Lipinski definition) is 6. The number of hydrogen-bond donors (Lipinski definition) is 1. The number of aryl methyl sites for hydroxylation is 1. The van der Waals surface area contributed by atoms with E-state index in [1.54, 1.807) is 4.68 Å². The van der Waals surface area contributed by atoms with E-state index in [2.05, 4.69) is 20.8 Å². The number of carbonyl (C=O) groups is 1. The number of esters is 1. The van der Waals surface area contributed by atoms with Gasteiger partial charge in [-0.3, -0.25) is 4.79 Å². The van der Waals surface area contributed by atoms with Gasteiger partial charge in [0.25, 0.3) is 0 Å². The summed E-state index contributed by atoms with van der Waals surface area (Å²) in [5.41, 5.74) is 1.58. The molecule has 0 spiro atoms. The smallest absolute Gasteiger partial charge is 0.313 e. The number of rotatable bonds is 6. The first-order valence-electron chi connectivity index (χ1n) is 8.41. The lowest BCUT2D eigenvalue weighted by Crippen LogP contribution is -2.37. The van der Waals surface area contributed by atoms with Crippen LogP contribution in [0.4, 0.5) is 5.95 Å². The summed E-state index contributed by atoms with van der Waals surface area (Å²) < 4.78 is 6.94. The van der Waals surface area contributed by atoms with Crippen molar-refractivity contribution in [1.29, 1.82) is 0 Å². The Morgan fingerprint density at radius 2 is 2.00 bits per heavy atom. The van der Waals surface area contributed by atoms with Crippen LogP contribution in [0.15, 0.2) is 24.3 Å². The molecule has 7 nitrogen and oxygen atoms in total. The maximum absolute atomic E-state index is 12.4. The van der Waals surface area contributed by atoms with Crippen LogP contribution >= 0.6 is 0 Å². The van der Waals surface area contributed by atoms with Crippen molar-refractivity contribution in [3.8, 4) is 5.69 Å². The number of nitrogens with one attached hydrogen (secondary N) is 1. The Balaban J connectivity index is 1.76. The molecule has 1 aromatic heterocycles. The number of carbonyl (C=O) groups excluding carboxylic acids is 1. The van der Waals surface area contributed by atoms with Gasteiger partial charge in [0.15, 0.2) is 0 Å². The monoisotopic (exact) mass is 329 g/mol. The van der Waals surface area contributed by atoms with Crippen LogP contribution in [0.2, 0.25) is 0 Å². The number of aromatic nitrogens is 4. The molecule has 1 fully saturated rings. The third-order valence-electron chi connectivity index (χ3n) is 4.60. The zero-order chi connectivity index (χ0) is 17.0. The van der Waals surface area contributed by atoms with Gasteiger partial charge in [0.05, 0.1) is 17.7 Å². The van der Waals surface area contributed by atoms with Gasteiger partial charge in [0.1, 0.15) is 0 Å². The second kappa shape index (κ2) is 6.98. The third-order valence-corrected chi connectivity index (χ3v) is 4.60. The van der Waals surface area contributed by atoms with E-state index >= 15 is 0 Å². The van der Waals surface area contributed by atoms with E-state index in [9.17, 15) is 4.79 Å². The maximum Gasteiger partial charge on any atom is 0.313 e. The highest BCUT2D eigenvalue weighted by Crippen LogP contribution is 2.39. The van der Waals surface area contributed by atoms with Crippen LogP contribution in [0, 0.1) is 12.3 Å². The highest BCUT2D eigenvalue weighted by atomic mass is 16.5. The summed E-state index contributed by atoms with van der Waals surface area (Å²) in [5.74, 6) is 0.416. The summed E-state index contributed by atoms with van der Waals surface area (Å²) >= 11 is 0. The van der Waals surface area contributed by atoms with Gasteiger partial charge in [-0.2, -0.15) is 4.68 Å². The first-order valence-corrected chi connectivity index (χ1v) is 8.41. The number of benzene rings is 1. The molecule has 1 aliphatic rings. The van der Waals surface area contributed by atoms with Gasteiger partial charge >= 0.3 is 5.97 Å². The molecule has 1 saturated carbocycles. The van der Waals surface area contributed by atoms with Gasteiger partial charge in [-0.25, -0.2) is 0 Å². The van der Waals surface area contributed by atoms with E-state index in [1.165, 1.54) is 5.56 Å². The summed E-state index contributed by atoms with van der Waals surface area (Å²) in [6.07, 6.45) is 3.77. The molecule has 0 amide bonds. The third kappa shape index (κ3) is 3.25. The molecule has 1 aliphatic carbocycles. The standard InChI is InChI=1S/C17H23N5O2/c1-3-24-15(23)17(10-4-5-11-17)12-18-16-19-20-21-22(16)14-8-6-13(2)7-9-14/h6-9H,3-5,10-12H2,1-2H3,(H,18,19,21). The highest BCUT2D eigenvalue weighted by Gasteiger charge is 2.42. The first-order chi connectivity index (χ1) is 11.6. The van der Waals surface area contributed by atoms with Crippen molar-refractivity contribution in [2.24, 2.45) is 5.41 Å². The molecule has 0 atom stereocenters. The Morgan fingerprint density at radius 3 is 2.67 bits per heavy atom. The van der Waals surface area contributed by atoms with Crippen molar-refractivity contribution in [2.45, 2.75) is 39.5 Å². The maximum atomic E-state index is 12.4. The summed E-state index contributed by atoms with van der Waals surface area (Å²) in [4.78, 5) is 12.4. The average Bonchev–Trinajstić information content (AvgIpc) is 3.24. The van der Waals surface area contributed by atoms with Crippen LogP contribution in [0.25, 0.3) is 5.69 Å². The van der Waals surface area contributed by atoms with Crippen LogP contribution in [0.5, 0.6) is 0 Å². The summed E-state index contributed by atoms with van der Waals surface area (Å²) in [7, 11) is 0. The van der Waals surface area contributed by atoms with Crippen molar-refractivity contribution in [3.63, 3.8) is 0 Å². The molecule has 7 heteroatoms. The molecular weight excluding hydrogens is 306 g/mol. The normalized spacial score (nSPS) is 16.1. The number of ether oxygens (including phenoxy) is 1. The van der Waals surface area contributed by atoms with Crippen molar-refractivity contribution >= 4 is 11.9 Å². The van der Waals surface area contributed by atoms with Crippen molar-refractivity contribution < 1.29 is 9.53 Å². The topological polar surface area (TPSA) is 81.9 Å². The minimum absolute atomic E-state index is 0.121. The Bertz CT molecular complexity index is 689. The average molecular weight is 329 g/mol. The Morgan fingerprint density at radius 1 is 1.29 bits per heavy atom. The first kappa shape index (κ1) is 16.4. The molecule has 1 N–H and O–H groups in total. The molecule has 2 aromatic rings. The SMILES string of the molecule is CCOC(=O)C1(CNc2nnnn2-c2ccc(C)cc2)CCCC1. The lowest BCUT2D eigenvalue weighted by molar-refractivity contribution is -0.154. The summed E-state index contributed by atoms with van der Waals surface area (Å²) in [5, 5.41) is 15.1. The highest BCUT2D eigenvalue weighted by molar-refractivity contribution is 5.78. The number of tetrazole rings is 1. The quantitative estimate of drug-likeness (QED) is 0.820. The van der Waals surface area contributed by atoms with Crippen LogP contribution < -0.4 is 5.32 Å². The number of nitrogens with zero attached hydrogens (tertiary/aromatic N) is 4. The van der Waals surface area contributed by atoms with E-state index in [0.717, 1.165) is 31.4 Å². The van der Waals surface area contributed by atoms with E-state index in [1.807, 2.05) is 38.1 Å². The number of anilines is 1. The molecule has 0 bridgehead atoms. The van der Waals surface area contributed by atoms with Gasteiger partial charge in [0.2, 0.25) is 5.95 Å². The van der Waals surface area contributed by atoms with Gasteiger partial charge in [-0.1, -0.05) is 35.6 Å². The summed E-state index contributed by atoms with van der Waals surface area (Å²) in [6.45, 7) is 4.76. The zero-order valence-corrected chi connectivity index (χ0v) is 14.2. The van der Waals surface area contributed by atoms with Gasteiger partial charge in [0, 0.05) is 6.54 Å². The van der Waals surface area contributed by atoms with Crippen molar-refractivity contribution in [1.82, 2.24) is 20.2 Å². The lowest BCUT2D eigenvalue weighted by Gasteiger charge is -2.26. The molecule has 128 valence electrons. The van der Waals surface area contributed by atoms with Crippen LogP contribution in [-0.2, 0) is 9.53 Å². The fourth-order valence-electron chi connectivity index (χ4n) is 3.19. The molecule has 0 aliphatic heterocycles. The molecule has 0 unspecified atom stereocenters. The molecule has 0 radical (unpaired) electrons. The molecule has 0 saturated heterocycles. The van der Waals surface area contributed by atoms with Crippen LogP contribution in [0.3, 0.4) is 0 Å². The van der Waals surface area contributed by atoms with E-state index in [-0.39, 0.29) is 5.97 Å². The molecule has 1 heterocycles. The Labute approximate surface area is 141 Å².